The van der Waals surface area contributed by atoms with Crippen LogP contribution >= 0.6 is 11.3 Å². The summed E-state index contributed by atoms with van der Waals surface area (Å²) in [4.78, 5) is 38.3. The van der Waals surface area contributed by atoms with Gasteiger partial charge >= 0.3 is 5.69 Å². The number of nitrogens with zero attached hydrogens (tertiary/aromatic N) is 4. The summed E-state index contributed by atoms with van der Waals surface area (Å²) in [6.45, 7) is 4.68. The highest BCUT2D eigenvalue weighted by Gasteiger charge is 2.19. The molecule has 4 rings (SSSR count). The Labute approximate surface area is 176 Å². The summed E-state index contributed by atoms with van der Waals surface area (Å²) >= 11 is 1.29. The van der Waals surface area contributed by atoms with Crippen LogP contribution in [0, 0.1) is 0 Å². The summed E-state index contributed by atoms with van der Waals surface area (Å²) in [7, 11) is 0. The maximum atomic E-state index is 13.1. The van der Waals surface area contributed by atoms with Gasteiger partial charge in [0.1, 0.15) is 11.2 Å². The normalized spacial score (nSPS) is 11.4. The van der Waals surface area contributed by atoms with E-state index in [0.717, 1.165) is 23.1 Å². The molecule has 0 radical (unpaired) electrons. The monoisotopic (exact) mass is 425 g/mol. The van der Waals surface area contributed by atoms with Crippen LogP contribution in [0.4, 0.5) is 0 Å². The standard InChI is InChI=1S/C21H23N5O3S/c1-3-10-22-17(27)13-25-21(29)26-16-9-11-30-18(16)19(28)24(20(26)23-25)12-15-7-5-14(4-2)6-8-15/h5-9,11H,3-4,10,12-13H2,1-2H3,(H,22,27). The van der Waals surface area contributed by atoms with E-state index < -0.39 is 5.69 Å². The van der Waals surface area contributed by atoms with Gasteiger partial charge in [-0.3, -0.25) is 14.2 Å². The Hall–Kier alpha value is -3.20. The zero-order valence-electron chi connectivity index (χ0n) is 16.9. The number of carbonyl (C=O) groups excluding carboxylic acids is 1. The van der Waals surface area contributed by atoms with Gasteiger partial charge in [0.15, 0.2) is 0 Å². The number of fused-ring (bicyclic) bond motifs is 3. The van der Waals surface area contributed by atoms with Crippen molar-refractivity contribution in [2.75, 3.05) is 6.54 Å². The van der Waals surface area contributed by atoms with Crippen molar-refractivity contribution in [3.63, 3.8) is 0 Å². The molecular weight excluding hydrogens is 402 g/mol. The fourth-order valence-corrected chi connectivity index (χ4v) is 4.22. The minimum absolute atomic E-state index is 0.189. The lowest BCUT2D eigenvalue weighted by atomic mass is 10.1. The SMILES string of the molecule is CCCNC(=O)Cn1nc2n(Cc3ccc(CC)cc3)c(=O)c3sccc3n2c1=O. The maximum Gasteiger partial charge on any atom is 0.352 e. The van der Waals surface area contributed by atoms with E-state index in [1.165, 1.54) is 25.9 Å². The lowest BCUT2D eigenvalue weighted by Gasteiger charge is -2.08. The van der Waals surface area contributed by atoms with E-state index in [9.17, 15) is 14.4 Å². The molecule has 0 aliphatic heterocycles. The molecule has 1 aromatic carbocycles. The first-order valence-corrected chi connectivity index (χ1v) is 10.9. The Morgan fingerprint density at radius 3 is 2.53 bits per heavy atom. The second kappa shape index (κ2) is 8.27. The number of hydrogen-bond acceptors (Lipinski definition) is 5. The fourth-order valence-electron chi connectivity index (χ4n) is 3.40. The van der Waals surface area contributed by atoms with E-state index >= 15 is 0 Å². The highest BCUT2D eigenvalue weighted by Crippen LogP contribution is 2.18. The van der Waals surface area contributed by atoms with Crippen molar-refractivity contribution in [1.82, 2.24) is 24.1 Å². The summed E-state index contributed by atoms with van der Waals surface area (Å²) in [5.41, 5.74) is 2.04. The van der Waals surface area contributed by atoms with Crippen LogP contribution in [0.25, 0.3) is 16.0 Å². The lowest BCUT2D eigenvalue weighted by molar-refractivity contribution is -0.121. The molecule has 8 nitrogen and oxygen atoms in total. The quantitative estimate of drug-likeness (QED) is 0.490. The molecule has 3 heterocycles. The van der Waals surface area contributed by atoms with E-state index in [0.29, 0.717) is 23.3 Å². The number of nitrogens with one attached hydrogen (secondary N) is 1. The molecule has 0 aliphatic rings. The minimum atomic E-state index is -0.435. The first-order chi connectivity index (χ1) is 14.5. The Morgan fingerprint density at radius 2 is 1.83 bits per heavy atom. The van der Waals surface area contributed by atoms with E-state index in [1.807, 2.05) is 31.2 Å². The summed E-state index contributed by atoms with van der Waals surface area (Å²) in [5, 5.41) is 8.88. The third kappa shape index (κ3) is 3.56. The zero-order valence-corrected chi connectivity index (χ0v) is 17.7. The molecule has 0 spiro atoms. The Bertz CT molecular complexity index is 1330. The molecule has 0 aliphatic carbocycles. The van der Waals surface area contributed by atoms with Gasteiger partial charge in [-0.25, -0.2) is 13.9 Å². The smallest absolute Gasteiger partial charge is 0.352 e. The first kappa shape index (κ1) is 20.1. The molecular formula is C21H23N5O3S. The number of amides is 1. The molecule has 0 fully saturated rings. The minimum Gasteiger partial charge on any atom is -0.355 e. The van der Waals surface area contributed by atoms with Crippen molar-refractivity contribution >= 4 is 33.2 Å². The molecule has 3 aromatic heterocycles. The summed E-state index contributed by atoms with van der Waals surface area (Å²) in [6.07, 6.45) is 1.74. The summed E-state index contributed by atoms with van der Waals surface area (Å²) < 4.78 is 4.53. The van der Waals surface area contributed by atoms with Crippen molar-refractivity contribution in [2.45, 2.75) is 39.8 Å². The Kier molecular flexibility index (Phi) is 5.54. The molecule has 0 saturated heterocycles. The second-order valence-corrected chi connectivity index (χ2v) is 8.04. The van der Waals surface area contributed by atoms with Gasteiger partial charge in [-0.05, 0) is 35.4 Å². The number of benzene rings is 1. The van der Waals surface area contributed by atoms with Gasteiger partial charge < -0.3 is 5.32 Å². The average molecular weight is 426 g/mol. The van der Waals surface area contributed by atoms with E-state index in [2.05, 4.69) is 17.3 Å². The fraction of sp³-hybridized carbons (Fsp3) is 0.333. The molecule has 9 heteroatoms. The van der Waals surface area contributed by atoms with Crippen LogP contribution in [0.2, 0.25) is 0 Å². The third-order valence-corrected chi connectivity index (χ3v) is 5.92. The number of aryl methyl sites for hydroxylation is 1. The van der Waals surface area contributed by atoms with Gasteiger partial charge in [0.05, 0.1) is 12.1 Å². The Morgan fingerprint density at radius 1 is 1.10 bits per heavy atom. The largest absolute Gasteiger partial charge is 0.355 e. The molecule has 0 saturated carbocycles. The molecule has 0 unspecified atom stereocenters. The molecule has 0 bridgehead atoms. The first-order valence-electron chi connectivity index (χ1n) is 9.97. The van der Waals surface area contributed by atoms with Crippen LogP contribution in [0.3, 0.4) is 0 Å². The van der Waals surface area contributed by atoms with Crippen LogP contribution in [-0.4, -0.2) is 31.2 Å². The van der Waals surface area contributed by atoms with Crippen LogP contribution in [0.5, 0.6) is 0 Å². The number of aromatic nitrogens is 4. The molecule has 0 atom stereocenters. The average Bonchev–Trinajstić information content (AvgIpc) is 3.35. The Balaban J connectivity index is 1.84. The molecule has 1 amide bonds. The molecule has 156 valence electrons. The summed E-state index contributed by atoms with van der Waals surface area (Å²) in [6, 6.07) is 9.76. The molecule has 4 aromatic rings. The maximum absolute atomic E-state index is 13.1. The summed E-state index contributed by atoms with van der Waals surface area (Å²) in [5.74, 6) is -0.0493. The van der Waals surface area contributed by atoms with Crippen LogP contribution < -0.4 is 16.6 Å². The predicted molar refractivity (Wildman–Crippen MR) is 117 cm³/mol. The number of rotatable bonds is 7. The van der Waals surface area contributed by atoms with Gasteiger partial charge in [0.25, 0.3) is 5.56 Å². The van der Waals surface area contributed by atoms with Gasteiger partial charge in [-0.15, -0.1) is 16.4 Å². The number of carbonyl (C=O) groups is 1. The molecule has 30 heavy (non-hydrogen) atoms. The van der Waals surface area contributed by atoms with Crippen molar-refractivity contribution < 1.29 is 4.79 Å². The van der Waals surface area contributed by atoms with Crippen molar-refractivity contribution in [1.29, 1.82) is 0 Å². The van der Waals surface area contributed by atoms with Crippen LogP contribution in [-0.2, 0) is 24.3 Å². The van der Waals surface area contributed by atoms with E-state index in [1.54, 1.807) is 11.4 Å². The predicted octanol–water partition coefficient (Wildman–Crippen LogP) is 2.01. The van der Waals surface area contributed by atoms with Crippen LogP contribution in [0.15, 0.2) is 45.3 Å². The third-order valence-electron chi connectivity index (χ3n) is 5.03. The lowest BCUT2D eigenvalue weighted by Crippen LogP contribution is -2.33. The van der Waals surface area contributed by atoms with Crippen molar-refractivity contribution in [2.24, 2.45) is 0 Å². The topological polar surface area (TPSA) is 90.4 Å². The highest BCUT2D eigenvalue weighted by molar-refractivity contribution is 7.17. The van der Waals surface area contributed by atoms with Crippen LogP contribution in [0.1, 0.15) is 31.4 Å². The zero-order chi connectivity index (χ0) is 21.3. The van der Waals surface area contributed by atoms with Gasteiger partial charge in [-0.1, -0.05) is 38.1 Å². The molecule has 1 N–H and O–H groups in total. The number of hydrogen-bond donors (Lipinski definition) is 1. The van der Waals surface area contributed by atoms with E-state index in [-0.39, 0.29) is 23.8 Å². The van der Waals surface area contributed by atoms with Gasteiger partial charge in [0, 0.05) is 6.54 Å². The van der Waals surface area contributed by atoms with Gasteiger partial charge in [0.2, 0.25) is 11.7 Å². The van der Waals surface area contributed by atoms with E-state index in [4.69, 9.17) is 0 Å². The van der Waals surface area contributed by atoms with Crippen molar-refractivity contribution in [3.8, 4) is 0 Å². The van der Waals surface area contributed by atoms with Crippen molar-refractivity contribution in [3.05, 3.63) is 67.7 Å². The second-order valence-electron chi connectivity index (χ2n) is 7.12. The van der Waals surface area contributed by atoms with Gasteiger partial charge in [-0.2, -0.15) is 0 Å². The number of thiophene rings is 1. The highest BCUT2D eigenvalue weighted by atomic mass is 32.1.